The maximum atomic E-state index is 11.5. The lowest BCUT2D eigenvalue weighted by Crippen LogP contribution is -2.25. The van der Waals surface area contributed by atoms with Crippen LogP contribution in [0.15, 0.2) is 0 Å². The zero-order valence-corrected chi connectivity index (χ0v) is 28.2. The molecule has 0 bridgehead atoms. The van der Waals surface area contributed by atoms with Crippen molar-refractivity contribution < 1.29 is 76.8 Å². The largest absolute Gasteiger partial charge is 0.481 e. The first-order valence-electron chi connectivity index (χ1n) is 16.5. The summed E-state index contributed by atoms with van der Waals surface area (Å²) in [6.07, 6.45) is 1.66. The topological polar surface area (TPSA) is 213 Å². The summed E-state index contributed by atoms with van der Waals surface area (Å²) < 4.78 is 53.7. The minimum absolute atomic E-state index is 0.0175. The molecule has 48 heavy (non-hydrogen) atoms. The standard InChI is InChI=1S/C31H57NO16/c33-28(6-7-30(36)37)32-8-3-9-39-10-11-40-12-13-41-14-15-42-16-17-43-18-19-44-20-21-45-22-23-46-24-25-47-26-27-48-31(38)5-2-1-4-29(34)35/h1-27H2,(H,32,33)(H,34,35)(H,36,37). The minimum Gasteiger partial charge on any atom is -0.481 e. The fourth-order valence-corrected chi connectivity index (χ4v) is 3.40. The maximum absolute atomic E-state index is 11.5. The van der Waals surface area contributed by atoms with Crippen LogP contribution < -0.4 is 5.32 Å². The van der Waals surface area contributed by atoms with Crippen LogP contribution in [0.3, 0.4) is 0 Å². The highest BCUT2D eigenvalue weighted by Crippen LogP contribution is 2.01. The SMILES string of the molecule is O=C(O)CCCCC(=O)OCCOCCOCCOCCOCCOCCOCCOCCOCCOCCCNC(=O)CCC(=O)O. The van der Waals surface area contributed by atoms with Crippen molar-refractivity contribution in [2.24, 2.45) is 0 Å². The van der Waals surface area contributed by atoms with E-state index in [9.17, 15) is 19.2 Å². The molecular weight excluding hydrogens is 642 g/mol. The lowest BCUT2D eigenvalue weighted by atomic mass is 10.2. The summed E-state index contributed by atoms with van der Waals surface area (Å²) in [6.45, 7) is 8.44. The number of carbonyl (C=O) groups is 4. The number of amides is 1. The van der Waals surface area contributed by atoms with Gasteiger partial charge in [0.2, 0.25) is 5.91 Å². The number of hydrogen-bond donors (Lipinski definition) is 3. The summed E-state index contributed by atoms with van der Waals surface area (Å²) >= 11 is 0. The Kier molecular flexibility index (Phi) is 35.4. The smallest absolute Gasteiger partial charge is 0.305 e. The summed E-state index contributed by atoms with van der Waals surface area (Å²) in [4.78, 5) is 43.6. The first-order valence-corrected chi connectivity index (χ1v) is 16.5. The number of rotatable bonds is 39. The van der Waals surface area contributed by atoms with Gasteiger partial charge in [-0.1, -0.05) is 0 Å². The second-order valence-corrected chi connectivity index (χ2v) is 9.93. The number of esters is 1. The zero-order chi connectivity index (χ0) is 35.2. The Morgan fingerprint density at radius 2 is 0.708 bits per heavy atom. The monoisotopic (exact) mass is 699 g/mol. The van der Waals surface area contributed by atoms with Gasteiger partial charge in [-0.2, -0.15) is 0 Å². The van der Waals surface area contributed by atoms with E-state index >= 15 is 0 Å². The van der Waals surface area contributed by atoms with E-state index < -0.39 is 11.9 Å². The number of nitrogens with one attached hydrogen (secondary N) is 1. The Morgan fingerprint density at radius 1 is 0.375 bits per heavy atom. The number of aliphatic carboxylic acids is 2. The highest BCUT2D eigenvalue weighted by atomic mass is 16.6. The molecule has 0 unspecified atom stereocenters. The molecule has 282 valence electrons. The molecule has 0 spiro atoms. The predicted octanol–water partition coefficient (Wildman–Crippen LogP) is 0.695. The molecule has 0 heterocycles. The van der Waals surface area contributed by atoms with Gasteiger partial charge < -0.3 is 62.9 Å². The molecule has 0 aliphatic heterocycles. The van der Waals surface area contributed by atoms with E-state index in [2.05, 4.69) is 5.32 Å². The van der Waals surface area contributed by atoms with Gasteiger partial charge in [-0.3, -0.25) is 19.2 Å². The molecule has 0 fully saturated rings. The third kappa shape index (κ3) is 39.7. The van der Waals surface area contributed by atoms with Gasteiger partial charge in [-0.15, -0.1) is 0 Å². The molecule has 0 radical (unpaired) electrons. The van der Waals surface area contributed by atoms with Crippen molar-refractivity contribution in [1.29, 1.82) is 0 Å². The van der Waals surface area contributed by atoms with Crippen LogP contribution in [0.5, 0.6) is 0 Å². The molecule has 0 aromatic heterocycles. The third-order valence-corrected chi connectivity index (χ3v) is 5.84. The number of hydrogen-bond acceptors (Lipinski definition) is 14. The van der Waals surface area contributed by atoms with Crippen molar-refractivity contribution >= 4 is 23.8 Å². The van der Waals surface area contributed by atoms with E-state index in [1.165, 1.54) is 0 Å². The molecule has 1 amide bonds. The fraction of sp³-hybridized carbons (Fsp3) is 0.871. The average Bonchev–Trinajstić information content (AvgIpc) is 3.06. The van der Waals surface area contributed by atoms with Gasteiger partial charge in [-0.25, -0.2) is 0 Å². The highest BCUT2D eigenvalue weighted by molar-refractivity contribution is 5.80. The van der Waals surface area contributed by atoms with Crippen molar-refractivity contribution in [2.45, 2.75) is 44.9 Å². The molecule has 0 rings (SSSR count). The molecule has 0 aliphatic carbocycles. The first-order chi connectivity index (χ1) is 23.4. The lowest BCUT2D eigenvalue weighted by Gasteiger charge is -2.09. The van der Waals surface area contributed by atoms with Gasteiger partial charge in [0.25, 0.3) is 0 Å². The third-order valence-electron chi connectivity index (χ3n) is 5.84. The Morgan fingerprint density at radius 3 is 1.08 bits per heavy atom. The predicted molar refractivity (Wildman–Crippen MR) is 169 cm³/mol. The molecular formula is C31H57NO16. The second kappa shape index (κ2) is 37.3. The Hall–Kier alpha value is -2.48. The summed E-state index contributed by atoms with van der Waals surface area (Å²) in [5, 5.41) is 19.7. The van der Waals surface area contributed by atoms with E-state index in [0.29, 0.717) is 138 Å². The molecule has 17 heteroatoms. The van der Waals surface area contributed by atoms with Gasteiger partial charge in [0.15, 0.2) is 0 Å². The molecule has 0 aromatic rings. The Labute approximate surface area is 283 Å². The van der Waals surface area contributed by atoms with Crippen molar-refractivity contribution in [3.8, 4) is 0 Å². The number of carboxylic acid groups (broad SMARTS) is 2. The molecule has 0 saturated carbocycles. The van der Waals surface area contributed by atoms with Gasteiger partial charge in [-0.05, 0) is 19.3 Å². The Balaban J connectivity index is 3.13. The van der Waals surface area contributed by atoms with Crippen molar-refractivity contribution in [3.05, 3.63) is 0 Å². The van der Waals surface area contributed by atoms with Crippen LogP contribution in [0.4, 0.5) is 0 Å². The van der Waals surface area contributed by atoms with Gasteiger partial charge in [0, 0.05) is 32.4 Å². The van der Waals surface area contributed by atoms with Crippen LogP contribution in [-0.2, 0) is 66.5 Å². The van der Waals surface area contributed by atoms with E-state index in [0.717, 1.165) is 0 Å². The zero-order valence-electron chi connectivity index (χ0n) is 28.2. The normalized spacial score (nSPS) is 11.1. The van der Waals surface area contributed by atoms with Crippen LogP contribution in [0.25, 0.3) is 0 Å². The van der Waals surface area contributed by atoms with E-state index in [1.807, 2.05) is 0 Å². The van der Waals surface area contributed by atoms with Crippen molar-refractivity contribution in [1.82, 2.24) is 5.32 Å². The number of unbranched alkanes of at least 4 members (excludes halogenated alkanes) is 1. The van der Waals surface area contributed by atoms with Crippen LogP contribution in [-0.4, -0.2) is 166 Å². The molecule has 17 nitrogen and oxygen atoms in total. The van der Waals surface area contributed by atoms with Crippen LogP contribution in [0, 0.1) is 0 Å². The summed E-state index contributed by atoms with van der Waals surface area (Å²) in [7, 11) is 0. The maximum Gasteiger partial charge on any atom is 0.305 e. The second-order valence-electron chi connectivity index (χ2n) is 9.93. The molecule has 3 N–H and O–H groups in total. The molecule has 0 aromatic carbocycles. The van der Waals surface area contributed by atoms with Gasteiger partial charge in [0.1, 0.15) is 6.61 Å². The molecule has 0 saturated heterocycles. The number of carboxylic acids is 2. The van der Waals surface area contributed by atoms with Crippen molar-refractivity contribution in [2.75, 3.05) is 132 Å². The van der Waals surface area contributed by atoms with Gasteiger partial charge in [0.05, 0.1) is 119 Å². The lowest BCUT2D eigenvalue weighted by molar-refractivity contribution is -0.146. The van der Waals surface area contributed by atoms with Gasteiger partial charge >= 0.3 is 17.9 Å². The van der Waals surface area contributed by atoms with Crippen molar-refractivity contribution in [3.63, 3.8) is 0 Å². The van der Waals surface area contributed by atoms with E-state index in [1.54, 1.807) is 0 Å². The van der Waals surface area contributed by atoms with E-state index in [4.69, 9.17) is 57.6 Å². The van der Waals surface area contributed by atoms with Crippen LogP contribution >= 0.6 is 0 Å². The summed E-state index contributed by atoms with van der Waals surface area (Å²) in [5.41, 5.74) is 0. The molecule has 0 aliphatic rings. The Bertz CT molecular complexity index is 773. The first kappa shape index (κ1) is 45.5. The highest BCUT2D eigenvalue weighted by Gasteiger charge is 2.05. The van der Waals surface area contributed by atoms with Crippen LogP contribution in [0.1, 0.15) is 44.9 Å². The number of carbonyl (C=O) groups excluding carboxylic acids is 2. The summed E-state index contributed by atoms with van der Waals surface area (Å²) in [5.74, 6) is -2.49. The quantitative estimate of drug-likeness (QED) is 0.0595. The minimum atomic E-state index is -0.989. The average molecular weight is 700 g/mol. The fourth-order valence-electron chi connectivity index (χ4n) is 3.40. The summed E-state index contributed by atoms with van der Waals surface area (Å²) in [6, 6.07) is 0. The van der Waals surface area contributed by atoms with E-state index in [-0.39, 0.29) is 50.8 Å². The van der Waals surface area contributed by atoms with Crippen LogP contribution in [0.2, 0.25) is 0 Å². The molecule has 0 atom stereocenters. The number of ether oxygens (including phenoxy) is 10.